The third-order valence-corrected chi connectivity index (χ3v) is 9.90. The van der Waals surface area contributed by atoms with Gasteiger partial charge in [-0.15, -0.1) is 0 Å². The molecule has 0 amide bonds. The molecule has 1 N–H and O–H groups in total. The number of esters is 1. The molecule has 0 saturated heterocycles. The minimum absolute atomic E-state index is 0.0141. The first-order chi connectivity index (χ1) is 15.8. The van der Waals surface area contributed by atoms with Crippen molar-refractivity contribution in [2.75, 3.05) is 6.01 Å². The van der Waals surface area contributed by atoms with Crippen LogP contribution in [0.1, 0.15) is 53.4 Å². The van der Waals surface area contributed by atoms with E-state index < -0.39 is 75.0 Å². The molecule has 4 rings (SSSR count). The molecule has 9 atom stereocenters. The molecule has 0 aromatic rings. The zero-order chi connectivity index (χ0) is 25.3. The van der Waals surface area contributed by atoms with E-state index in [2.05, 4.69) is 0 Å². The number of allylic oxidation sites excluding steroid dienone is 4. The summed E-state index contributed by atoms with van der Waals surface area (Å²) in [7, 11) is 0. The van der Waals surface area contributed by atoms with Crippen molar-refractivity contribution >= 4 is 28.6 Å². The number of ketones is 1. The van der Waals surface area contributed by atoms with E-state index in [1.807, 2.05) is 0 Å². The quantitative estimate of drug-likeness (QED) is 0.576. The maximum absolute atomic E-state index is 17.2. The molecule has 0 aromatic heterocycles. The Morgan fingerprint density at radius 2 is 1.94 bits per heavy atom. The molecule has 3 fully saturated rings. The van der Waals surface area contributed by atoms with Crippen molar-refractivity contribution < 1.29 is 37.4 Å². The highest BCUT2D eigenvalue weighted by Crippen LogP contribution is 2.72. The Labute approximate surface area is 201 Å². The molecule has 5 nitrogen and oxygen atoms in total. The van der Waals surface area contributed by atoms with Crippen LogP contribution in [0, 0.1) is 28.6 Å². The molecule has 0 spiro atoms. The number of hydrogen-bond acceptors (Lipinski definition) is 6. The monoisotopic (exact) mass is 500 g/mol. The Morgan fingerprint density at radius 1 is 1.26 bits per heavy atom. The van der Waals surface area contributed by atoms with Gasteiger partial charge in [-0.25, -0.2) is 13.2 Å². The fraction of sp³-hybridized carbons (Fsp3) is 0.720. The Hall–Kier alpha value is -1.61. The normalized spacial score (nSPS) is 47.4. The second-order valence-corrected chi connectivity index (χ2v) is 11.5. The summed E-state index contributed by atoms with van der Waals surface area (Å²) in [6, 6.07) is -1.02. The first kappa shape index (κ1) is 25.5. The van der Waals surface area contributed by atoms with Gasteiger partial charge in [-0.05, 0) is 61.6 Å². The molecule has 4 aliphatic carbocycles. The number of hydrogen-bond donors (Lipinski definition) is 1. The van der Waals surface area contributed by atoms with Gasteiger partial charge in [0, 0.05) is 29.1 Å². The van der Waals surface area contributed by atoms with E-state index in [-0.39, 0.29) is 31.3 Å². The fourth-order valence-corrected chi connectivity index (χ4v) is 8.42. The zero-order valence-electron chi connectivity index (χ0n) is 19.8. The summed E-state index contributed by atoms with van der Waals surface area (Å²) >= 11 is 0.396. The zero-order valence-corrected chi connectivity index (χ0v) is 20.6. The fourth-order valence-electron chi connectivity index (χ4n) is 7.63. The molecule has 188 valence electrons. The Kier molecular flexibility index (Phi) is 6.16. The minimum Gasteiger partial charge on any atom is -0.449 e. The molecule has 0 aromatic carbocycles. The molecule has 9 heteroatoms. The van der Waals surface area contributed by atoms with Crippen molar-refractivity contribution in [3.05, 3.63) is 23.8 Å². The number of thioether (sulfide) groups is 1. The number of fused-ring (bicyclic) bond motifs is 5. The van der Waals surface area contributed by atoms with Crippen LogP contribution in [-0.2, 0) is 19.1 Å². The van der Waals surface area contributed by atoms with Gasteiger partial charge in [0.15, 0.2) is 17.1 Å². The number of carbonyl (C=O) groups is 3. The summed E-state index contributed by atoms with van der Waals surface area (Å²) in [6.45, 7) is 6.45. The summed E-state index contributed by atoms with van der Waals surface area (Å²) in [6.07, 6.45) is 0.160. The average molecular weight is 501 g/mol. The Bertz CT molecular complexity index is 984. The molecule has 0 heterocycles. The lowest BCUT2D eigenvalue weighted by Crippen LogP contribution is -2.70. The van der Waals surface area contributed by atoms with Crippen LogP contribution in [0.15, 0.2) is 23.8 Å². The van der Waals surface area contributed by atoms with E-state index in [1.54, 1.807) is 20.8 Å². The maximum Gasteiger partial charge on any atom is 0.306 e. The predicted octanol–water partition coefficient (Wildman–Crippen LogP) is 4.43. The van der Waals surface area contributed by atoms with Gasteiger partial charge in [0.1, 0.15) is 12.2 Å². The summed E-state index contributed by atoms with van der Waals surface area (Å²) in [4.78, 5) is 37.8. The summed E-state index contributed by atoms with van der Waals surface area (Å²) < 4.78 is 51.8. The lowest BCUT2D eigenvalue weighted by Gasteiger charge is -2.63. The summed E-state index contributed by atoms with van der Waals surface area (Å²) in [5, 5.41) is 10.7. The number of alkyl halides is 3. The summed E-state index contributed by atoms with van der Waals surface area (Å²) in [5.74, 6) is -3.30. The van der Waals surface area contributed by atoms with Gasteiger partial charge in [0.05, 0.1) is 6.10 Å². The molecular weight excluding hydrogens is 469 g/mol. The van der Waals surface area contributed by atoms with Crippen molar-refractivity contribution in [1.82, 2.24) is 0 Å². The molecule has 34 heavy (non-hydrogen) atoms. The second-order valence-electron chi connectivity index (χ2n) is 10.6. The number of rotatable bonds is 4. The average Bonchev–Trinajstić information content (AvgIpc) is 2.99. The van der Waals surface area contributed by atoms with E-state index in [4.69, 9.17) is 4.74 Å². The lowest BCUT2D eigenvalue weighted by molar-refractivity contribution is -0.228. The van der Waals surface area contributed by atoms with Gasteiger partial charge < -0.3 is 9.84 Å². The number of aliphatic hydroxyl groups is 1. The first-order valence-corrected chi connectivity index (χ1v) is 12.7. The van der Waals surface area contributed by atoms with E-state index in [9.17, 15) is 23.9 Å². The van der Waals surface area contributed by atoms with Gasteiger partial charge in [0.25, 0.3) is 0 Å². The molecule has 3 saturated carbocycles. The smallest absolute Gasteiger partial charge is 0.306 e. The van der Waals surface area contributed by atoms with Gasteiger partial charge in [-0.3, -0.25) is 14.4 Å². The molecule has 0 radical (unpaired) electrons. The van der Waals surface area contributed by atoms with Crippen molar-refractivity contribution in [2.24, 2.45) is 28.6 Å². The third-order valence-electron chi connectivity index (χ3n) is 9.22. The van der Waals surface area contributed by atoms with Crippen LogP contribution in [-0.4, -0.2) is 51.5 Å². The van der Waals surface area contributed by atoms with E-state index >= 15 is 8.78 Å². The highest BCUT2D eigenvalue weighted by atomic mass is 32.2. The second kappa shape index (κ2) is 8.22. The van der Waals surface area contributed by atoms with Gasteiger partial charge >= 0.3 is 5.97 Å². The van der Waals surface area contributed by atoms with Crippen LogP contribution < -0.4 is 0 Å². The lowest BCUT2D eigenvalue weighted by atomic mass is 9.44. The number of aliphatic hydroxyl groups excluding tert-OH is 1. The third kappa shape index (κ3) is 3.01. The Morgan fingerprint density at radius 3 is 2.56 bits per heavy atom. The molecular formula is C25H31F3O5S. The van der Waals surface area contributed by atoms with Crippen LogP contribution in [0.4, 0.5) is 13.2 Å². The molecule has 0 aliphatic heterocycles. The molecule has 0 bridgehead atoms. The number of carbonyl (C=O) groups excluding carboxylic acids is 3. The molecule has 2 unspecified atom stereocenters. The SMILES string of the molecule is CCC(=O)O[C@]1(C(=O)SCF)[C@H](C)CC2C3C[C@H](F)C4=CC(=O)C=C[C@@]4(C)[C@@]3(F)[C@@H](O)C[C@@]21C. The first-order valence-electron chi connectivity index (χ1n) is 11.7. The maximum atomic E-state index is 17.2. The van der Waals surface area contributed by atoms with Gasteiger partial charge in [-0.2, -0.15) is 0 Å². The van der Waals surface area contributed by atoms with Crippen molar-refractivity contribution in [3.63, 3.8) is 0 Å². The van der Waals surface area contributed by atoms with Crippen LogP contribution >= 0.6 is 11.8 Å². The van der Waals surface area contributed by atoms with Crippen molar-refractivity contribution in [1.29, 1.82) is 0 Å². The summed E-state index contributed by atoms with van der Waals surface area (Å²) in [5.41, 5.74) is -6.84. The highest BCUT2D eigenvalue weighted by Gasteiger charge is 2.78. The predicted molar refractivity (Wildman–Crippen MR) is 121 cm³/mol. The van der Waals surface area contributed by atoms with Crippen LogP contribution in [0.5, 0.6) is 0 Å². The van der Waals surface area contributed by atoms with Gasteiger partial charge in [-0.1, -0.05) is 26.8 Å². The van der Waals surface area contributed by atoms with Crippen molar-refractivity contribution in [2.45, 2.75) is 76.9 Å². The number of ether oxygens (including phenoxy) is 1. The standard InChI is InChI=1S/C25H31F3O5S/c1-5-20(31)33-25(21(32)34-12-26)13(2)8-15-16-10-18(27)17-9-14(29)6-7-22(17,3)24(16,28)19(30)11-23(15,25)4/h6-7,9,13,15-16,18-19,30H,5,8,10-12H2,1-4H3/t13-,15?,16?,18+,19+,22-,23+,24+,25+/m1/s1. The minimum atomic E-state index is -2.30. The Balaban J connectivity index is 1.87. The van der Waals surface area contributed by atoms with Crippen molar-refractivity contribution in [3.8, 4) is 0 Å². The van der Waals surface area contributed by atoms with Crippen LogP contribution in [0.3, 0.4) is 0 Å². The molecule has 4 aliphatic rings. The number of halogens is 3. The van der Waals surface area contributed by atoms with Crippen LogP contribution in [0.2, 0.25) is 0 Å². The largest absolute Gasteiger partial charge is 0.449 e. The van der Waals surface area contributed by atoms with E-state index in [0.717, 1.165) is 6.08 Å². The van der Waals surface area contributed by atoms with Crippen LogP contribution in [0.25, 0.3) is 0 Å². The topological polar surface area (TPSA) is 80.7 Å². The van der Waals surface area contributed by atoms with E-state index in [0.29, 0.717) is 11.8 Å². The van der Waals surface area contributed by atoms with E-state index in [1.165, 1.54) is 19.1 Å². The highest BCUT2D eigenvalue weighted by molar-refractivity contribution is 8.13. The van der Waals surface area contributed by atoms with Gasteiger partial charge in [0.2, 0.25) is 5.12 Å².